The van der Waals surface area contributed by atoms with Crippen molar-refractivity contribution in [3.63, 3.8) is 0 Å². The fraction of sp³-hybridized carbons (Fsp3) is 0.647. The SMILES string of the molecule is OC1(c2ccccc2C2OCCO2)CC2CCCC(C1)S2. The third kappa shape index (κ3) is 2.63. The van der Waals surface area contributed by atoms with Crippen LogP contribution in [0.15, 0.2) is 24.3 Å². The van der Waals surface area contributed by atoms with Crippen molar-refractivity contribution in [1.82, 2.24) is 0 Å². The van der Waals surface area contributed by atoms with E-state index in [-0.39, 0.29) is 6.29 Å². The van der Waals surface area contributed by atoms with Gasteiger partial charge in [0.15, 0.2) is 6.29 Å². The Bertz CT molecular complexity index is 501. The molecule has 3 saturated heterocycles. The Hall–Kier alpha value is -0.550. The lowest BCUT2D eigenvalue weighted by Crippen LogP contribution is -2.41. The summed E-state index contributed by atoms with van der Waals surface area (Å²) in [4.78, 5) is 0. The van der Waals surface area contributed by atoms with E-state index in [4.69, 9.17) is 9.47 Å². The molecule has 0 aromatic heterocycles. The van der Waals surface area contributed by atoms with Crippen LogP contribution in [0.1, 0.15) is 49.5 Å². The highest BCUT2D eigenvalue weighted by molar-refractivity contribution is 8.00. The molecule has 0 radical (unpaired) electrons. The molecule has 4 rings (SSSR count). The van der Waals surface area contributed by atoms with Gasteiger partial charge in [0, 0.05) is 16.1 Å². The lowest BCUT2D eigenvalue weighted by Gasteiger charge is -2.45. The first kappa shape index (κ1) is 14.1. The summed E-state index contributed by atoms with van der Waals surface area (Å²) in [5, 5.41) is 12.6. The van der Waals surface area contributed by atoms with Gasteiger partial charge in [-0.2, -0.15) is 11.8 Å². The minimum Gasteiger partial charge on any atom is -0.385 e. The molecule has 0 aliphatic carbocycles. The van der Waals surface area contributed by atoms with Crippen LogP contribution in [-0.2, 0) is 15.1 Å². The maximum atomic E-state index is 11.4. The number of benzene rings is 1. The van der Waals surface area contributed by atoms with E-state index in [1.54, 1.807) is 0 Å². The van der Waals surface area contributed by atoms with E-state index in [9.17, 15) is 5.11 Å². The van der Waals surface area contributed by atoms with Crippen molar-refractivity contribution in [2.24, 2.45) is 0 Å². The molecule has 1 aromatic carbocycles. The zero-order valence-corrected chi connectivity index (χ0v) is 13.0. The molecule has 0 amide bonds. The molecule has 2 atom stereocenters. The van der Waals surface area contributed by atoms with Gasteiger partial charge in [-0.1, -0.05) is 30.7 Å². The Labute approximate surface area is 130 Å². The molecule has 4 heteroatoms. The van der Waals surface area contributed by atoms with E-state index in [0.717, 1.165) is 24.0 Å². The average molecular weight is 306 g/mol. The van der Waals surface area contributed by atoms with Crippen molar-refractivity contribution in [2.45, 2.75) is 54.5 Å². The molecule has 1 aromatic rings. The smallest absolute Gasteiger partial charge is 0.184 e. The van der Waals surface area contributed by atoms with E-state index in [1.807, 2.05) is 18.2 Å². The molecule has 1 N–H and O–H groups in total. The summed E-state index contributed by atoms with van der Waals surface area (Å²) in [5.41, 5.74) is 1.32. The largest absolute Gasteiger partial charge is 0.385 e. The number of ether oxygens (including phenoxy) is 2. The summed E-state index contributed by atoms with van der Waals surface area (Å²) < 4.78 is 11.3. The van der Waals surface area contributed by atoms with Crippen molar-refractivity contribution in [3.8, 4) is 0 Å². The Morgan fingerprint density at radius 1 is 1.05 bits per heavy atom. The van der Waals surface area contributed by atoms with Gasteiger partial charge in [-0.3, -0.25) is 0 Å². The van der Waals surface area contributed by atoms with Gasteiger partial charge in [-0.25, -0.2) is 0 Å². The van der Waals surface area contributed by atoms with Crippen LogP contribution in [0.5, 0.6) is 0 Å². The van der Waals surface area contributed by atoms with Gasteiger partial charge in [0.2, 0.25) is 0 Å². The maximum Gasteiger partial charge on any atom is 0.184 e. The van der Waals surface area contributed by atoms with Crippen LogP contribution in [0.3, 0.4) is 0 Å². The number of rotatable bonds is 2. The highest BCUT2D eigenvalue weighted by atomic mass is 32.2. The highest BCUT2D eigenvalue weighted by Crippen LogP contribution is 2.50. The molecular formula is C17H22O3S. The van der Waals surface area contributed by atoms with Gasteiger partial charge in [-0.05, 0) is 31.2 Å². The summed E-state index contributed by atoms with van der Waals surface area (Å²) in [5.74, 6) is 0. The zero-order chi connectivity index (χ0) is 14.3. The van der Waals surface area contributed by atoms with Crippen molar-refractivity contribution < 1.29 is 14.6 Å². The Morgan fingerprint density at radius 2 is 1.71 bits per heavy atom. The van der Waals surface area contributed by atoms with Gasteiger partial charge in [-0.15, -0.1) is 0 Å². The number of thioether (sulfide) groups is 1. The zero-order valence-electron chi connectivity index (χ0n) is 12.2. The summed E-state index contributed by atoms with van der Waals surface area (Å²) in [7, 11) is 0. The van der Waals surface area contributed by atoms with Crippen LogP contribution in [0.25, 0.3) is 0 Å². The first-order valence-electron chi connectivity index (χ1n) is 7.95. The molecule has 0 spiro atoms. The molecule has 3 nitrogen and oxygen atoms in total. The van der Waals surface area contributed by atoms with E-state index in [0.29, 0.717) is 23.7 Å². The molecule has 2 unspecified atom stereocenters. The molecule has 114 valence electrons. The molecule has 3 fully saturated rings. The molecule has 2 bridgehead atoms. The van der Waals surface area contributed by atoms with E-state index in [1.165, 1.54) is 19.3 Å². The lowest BCUT2D eigenvalue weighted by molar-refractivity contribution is -0.0518. The molecule has 3 heterocycles. The molecule has 21 heavy (non-hydrogen) atoms. The predicted molar refractivity (Wildman–Crippen MR) is 83.2 cm³/mol. The van der Waals surface area contributed by atoms with Gasteiger partial charge in [0.05, 0.1) is 18.8 Å². The standard InChI is InChI=1S/C17H22O3S/c18-17(10-12-4-3-5-13(11-17)21-12)15-7-2-1-6-14(15)16-19-8-9-20-16/h1-2,6-7,12-13,16,18H,3-5,8-11H2. The minimum atomic E-state index is -0.715. The summed E-state index contributed by atoms with van der Waals surface area (Å²) in [6.07, 6.45) is 5.20. The lowest BCUT2D eigenvalue weighted by atomic mass is 9.78. The molecular weight excluding hydrogens is 284 g/mol. The summed E-state index contributed by atoms with van der Waals surface area (Å²) in [6, 6.07) is 8.13. The van der Waals surface area contributed by atoms with Crippen LogP contribution in [0.2, 0.25) is 0 Å². The van der Waals surface area contributed by atoms with Gasteiger partial charge < -0.3 is 14.6 Å². The third-order valence-electron chi connectivity index (χ3n) is 4.91. The third-order valence-corrected chi connectivity index (χ3v) is 6.48. The van der Waals surface area contributed by atoms with Crippen LogP contribution >= 0.6 is 11.8 Å². The van der Waals surface area contributed by atoms with Crippen LogP contribution in [0.4, 0.5) is 0 Å². The number of hydrogen-bond donors (Lipinski definition) is 1. The topological polar surface area (TPSA) is 38.7 Å². The predicted octanol–water partition coefficient (Wildman–Crippen LogP) is 3.37. The second-order valence-corrected chi connectivity index (χ2v) is 8.02. The normalized spacial score (nSPS) is 36.8. The van der Waals surface area contributed by atoms with Gasteiger partial charge >= 0.3 is 0 Å². The second kappa shape index (κ2) is 5.58. The second-order valence-electron chi connectivity index (χ2n) is 6.41. The number of fused-ring (bicyclic) bond motifs is 2. The maximum absolute atomic E-state index is 11.4. The first-order valence-corrected chi connectivity index (χ1v) is 8.89. The molecule has 3 aliphatic rings. The highest BCUT2D eigenvalue weighted by Gasteiger charge is 2.44. The summed E-state index contributed by atoms with van der Waals surface area (Å²) in [6.45, 7) is 1.27. The van der Waals surface area contributed by atoms with Crippen LogP contribution in [0, 0.1) is 0 Å². The van der Waals surface area contributed by atoms with Crippen LogP contribution < -0.4 is 0 Å². The average Bonchev–Trinajstić information content (AvgIpc) is 3.01. The fourth-order valence-electron chi connectivity index (χ4n) is 4.00. The number of hydrogen-bond acceptors (Lipinski definition) is 4. The van der Waals surface area contributed by atoms with Crippen molar-refractivity contribution in [3.05, 3.63) is 35.4 Å². The van der Waals surface area contributed by atoms with Crippen molar-refractivity contribution >= 4 is 11.8 Å². The summed E-state index contributed by atoms with van der Waals surface area (Å²) >= 11 is 2.09. The molecule has 0 saturated carbocycles. The Kier molecular flexibility index (Phi) is 3.74. The van der Waals surface area contributed by atoms with E-state index >= 15 is 0 Å². The Balaban J connectivity index is 1.68. The van der Waals surface area contributed by atoms with Gasteiger partial charge in [0.25, 0.3) is 0 Å². The first-order chi connectivity index (χ1) is 10.2. The van der Waals surface area contributed by atoms with Crippen molar-refractivity contribution in [2.75, 3.05) is 13.2 Å². The van der Waals surface area contributed by atoms with E-state index in [2.05, 4.69) is 17.8 Å². The van der Waals surface area contributed by atoms with Crippen LogP contribution in [-0.4, -0.2) is 28.8 Å². The molecule has 3 aliphatic heterocycles. The van der Waals surface area contributed by atoms with E-state index < -0.39 is 5.60 Å². The minimum absolute atomic E-state index is 0.306. The van der Waals surface area contributed by atoms with Crippen molar-refractivity contribution in [1.29, 1.82) is 0 Å². The Morgan fingerprint density at radius 3 is 2.43 bits per heavy atom. The quantitative estimate of drug-likeness (QED) is 0.909. The van der Waals surface area contributed by atoms with Gasteiger partial charge in [0.1, 0.15) is 0 Å². The fourth-order valence-corrected chi connectivity index (χ4v) is 5.90. The number of aliphatic hydroxyl groups is 1. The monoisotopic (exact) mass is 306 g/mol.